The third kappa shape index (κ3) is 8.25. The molecule has 0 bridgehead atoms. The summed E-state index contributed by atoms with van der Waals surface area (Å²) < 4.78 is 31.6. The van der Waals surface area contributed by atoms with Gasteiger partial charge in [0, 0.05) is 0 Å². The SMILES string of the molecule is C=CCCCCCOC(=O)C(C)(C)OS(C)(=O)=O. The van der Waals surface area contributed by atoms with Crippen LogP contribution in [0.5, 0.6) is 0 Å². The van der Waals surface area contributed by atoms with Gasteiger partial charge in [0.05, 0.1) is 12.9 Å². The molecule has 0 aliphatic rings. The zero-order valence-electron chi connectivity index (χ0n) is 11.3. The molecule has 0 saturated heterocycles. The highest BCUT2D eigenvalue weighted by atomic mass is 32.2. The Kier molecular flexibility index (Phi) is 7.16. The van der Waals surface area contributed by atoms with Gasteiger partial charge < -0.3 is 4.74 Å². The third-order valence-electron chi connectivity index (χ3n) is 2.14. The predicted molar refractivity (Wildman–Crippen MR) is 69.6 cm³/mol. The lowest BCUT2D eigenvalue weighted by Gasteiger charge is -2.21. The highest BCUT2D eigenvalue weighted by Gasteiger charge is 2.34. The molecule has 0 N–H and O–H groups in total. The predicted octanol–water partition coefficient (Wildman–Crippen LogP) is 2.03. The van der Waals surface area contributed by atoms with Crippen LogP contribution in [-0.2, 0) is 23.8 Å². The van der Waals surface area contributed by atoms with Crippen molar-refractivity contribution in [3.8, 4) is 0 Å². The average Bonchev–Trinajstić information content (AvgIpc) is 2.19. The maximum atomic E-state index is 11.6. The second kappa shape index (κ2) is 7.53. The number of hydrogen-bond donors (Lipinski definition) is 0. The summed E-state index contributed by atoms with van der Waals surface area (Å²) in [5.74, 6) is -0.670. The maximum Gasteiger partial charge on any atom is 0.339 e. The van der Waals surface area contributed by atoms with Crippen molar-refractivity contribution in [1.29, 1.82) is 0 Å². The van der Waals surface area contributed by atoms with Crippen molar-refractivity contribution in [2.75, 3.05) is 12.9 Å². The maximum absolute atomic E-state index is 11.6. The molecule has 0 aliphatic carbocycles. The van der Waals surface area contributed by atoms with Gasteiger partial charge in [0.15, 0.2) is 5.60 Å². The number of ether oxygens (including phenoxy) is 1. The van der Waals surface area contributed by atoms with Gasteiger partial charge in [-0.15, -0.1) is 6.58 Å². The van der Waals surface area contributed by atoms with Crippen molar-refractivity contribution in [3.63, 3.8) is 0 Å². The summed E-state index contributed by atoms with van der Waals surface area (Å²) in [4.78, 5) is 11.6. The van der Waals surface area contributed by atoms with E-state index in [0.717, 1.165) is 31.9 Å². The number of esters is 1. The first-order chi connectivity index (χ1) is 8.19. The van der Waals surface area contributed by atoms with E-state index in [4.69, 9.17) is 4.74 Å². The smallest absolute Gasteiger partial charge is 0.339 e. The van der Waals surface area contributed by atoms with Crippen LogP contribution in [0.15, 0.2) is 12.7 Å². The fourth-order valence-corrected chi connectivity index (χ4v) is 2.14. The highest BCUT2D eigenvalue weighted by molar-refractivity contribution is 7.86. The van der Waals surface area contributed by atoms with Crippen molar-refractivity contribution < 1.29 is 22.1 Å². The normalized spacial score (nSPS) is 12.2. The fraction of sp³-hybridized carbons (Fsp3) is 0.750. The minimum atomic E-state index is -3.68. The molecule has 5 nitrogen and oxygen atoms in total. The number of allylic oxidation sites excluding steroid dienone is 1. The topological polar surface area (TPSA) is 69.7 Å². The van der Waals surface area contributed by atoms with Crippen LogP contribution in [0.2, 0.25) is 0 Å². The van der Waals surface area contributed by atoms with Crippen LogP contribution in [0.25, 0.3) is 0 Å². The van der Waals surface area contributed by atoms with Gasteiger partial charge in [-0.05, 0) is 39.5 Å². The molecule has 0 saturated carbocycles. The summed E-state index contributed by atoms with van der Waals surface area (Å²) in [7, 11) is -3.68. The molecule has 0 amide bonds. The molecular formula is C12H22O5S. The van der Waals surface area contributed by atoms with E-state index in [0.29, 0.717) is 0 Å². The lowest BCUT2D eigenvalue weighted by atomic mass is 10.1. The second-order valence-corrected chi connectivity index (χ2v) is 6.15. The van der Waals surface area contributed by atoms with Gasteiger partial charge in [-0.3, -0.25) is 4.18 Å². The zero-order valence-corrected chi connectivity index (χ0v) is 12.1. The molecule has 0 aromatic carbocycles. The average molecular weight is 278 g/mol. The largest absolute Gasteiger partial charge is 0.464 e. The first-order valence-corrected chi connectivity index (χ1v) is 7.69. The van der Waals surface area contributed by atoms with Gasteiger partial charge in [0.1, 0.15) is 0 Å². The number of carbonyl (C=O) groups excluding carboxylic acids is 1. The number of carbonyl (C=O) groups is 1. The Morgan fingerprint density at radius 3 is 2.39 bits per heavy atom. The Morgan fingerprint density at radius 1 is 1.28 bits per heavy atom. The van der Waals surface area contributed by atoms with Crippen LogP contribution in [0, 0.1) is 0 Å². The summed E-state index contributed by atoms with van der Waals surface area (Å²) in [6.45, 7) is 6.62. The van der Waals surface area contributed by atoms with E-state index in [1.807, 2.05) is 6.08 Å². The van der Waals surface area contributed by atoms with E-state index in [2.05, 4.69) is 10.8 Å². The summed E-state index contributed by atoms with van der Waals surface area (Å²) in [5.41, 5.74) is -1.48. The molecule has 0 atom stereocenters. The van der Waals surface area contributed by atoms with Gasteiger partial charge in [0.2, 0.25) is 0 Å². The van der Waals surface area contributed by atoms with Gasteiger partial charge in [-0.25, -0.2) is 4.79 Å². The Balaban J connectivity index is 3.97. The molecule has 0 fully saturated rings. The van der Waals surface area contributed by atoms with Crippen LogP contribution in [0.4, 0.5) is 0 Å². The van der Waals surface area contributed by atoms with E-state index in [1.165, 1.54) is 13.8 Å². The Morgan fingerprint density at radius 2 is 1.89 bits per heavy atom. The molecule has 0 rings (SSSR count). The molecule has 0 heterocycles. The van der Waals surface area contributed by atoms with E-state index in [-0.39, 0.29) is 6.61 Å². The molecule has 18 heavy (non-hydrogen) atoms. The molecule has 0 unspecified atom stereocenters. The lowest BCUT2D eigenvalue weighted by molar-refractivity contribution is -0.159. The first kappa shape index (κ1) is 17.1. The molecule has 0 spiro atoms. The van der Waals surface area contributed by atoms with Crippen LogP contribution >= 0.6 is 0 Å². The van der Waals surface area contributed by atoms with Crippen molar-refractivity contribution in [2.24, 2.45) is 0 Å². The fourth-order valence-electron chi connectivity index (χ4n) is 1.32. The van der Waals surface area contributed by atoms with Gasteiger partial charge in [-0.2, -0.15) is 8.42 Å². The third-order valence-corrected chi connectivity index (χ3v) is 2.86. The molecule has 106 valence electrons. The van der Waals surface area contributed by atoms with Crippen LogP contribution < -0.4 is 0 Å². The van der Waals surface area contributed by atoms with Crippen LogP contribution in [0.3, 0.4) is 0 Å². The van der Waals surface area contributed by atoms with Crippen molar-refractivity contribution in [2.45, 2.75) is 45.1 Å². The van der Waals surface area contributed by atoms with E-state index in [1.54, 1.807) is 0 Å². The first-order valence-electron chi connectivity index (χ1n) is 5.88. The van der Waals surface area contributed by atoms with Gasteiger partial charge in [-0.1, -0.05) is 6.08 Å². The summed E-state index contributed by atoms with van der Waals surface area (Å²) in [6.07, 6.45) is 6.37. The number of hydrogen-bond acceptors (Lipinski definition) is 5. The molecule has 0 aromatic rings. The standard InChI is InChI=1S/C12H22O5S/c1-5-6-7-8-9-10-16-11(13)12(2,3)17-18(4,14)15/h5H,1,6-10H2,2-4H3. The van der Waals surface area contributed by atoms with E-state index in [9.17, 15) is 13.2 Å². The molecule has 0 aliphatic heterocycles. The summed E-state index contributed by atoms with van der Waals surface area (Å²) in [6, 6.07) is 0. The Hall–Kier alpha value is -0.880. The van der Waals surface area contributed by atoms with Crippen LogP contribution in [0.1, 0.15) is 39.5 Å². The minimum absolute atomic E-state index is 0.270. The molecule has 0 aromatic heterocycles. The van der Waals surface area contributed by atoms with Crippen molar-refractivity contribution >= 4 is 16.1 Å². The Bertz CT molecular complexity index is 370. The lowest BCUT2D eigenvalue weighted by Crippen LogP contribution is -2.38. The quantitative estimate of drug-likeness (QED) is 0.279. The molecule has 0 radical (unpaired) electrons. The minimum Gasteiger partial charge on any atom is -0.464 e. The van der Waals surface area contributed by atoms with E-state index < -0.39 is 21.7 Å². The zero-order chi connectivity index (χ0) is 14.2. The van der Waals surface area contributed by atoms with Crippen LogP contribution in [-0.4, -0.2) is 32.9 Å². The summed E-state index contributed by atoms with van der Waals surface area (Å²) in [5, 5.41) is 0. The highest BCUT2D eigenvalue weighted by Crippen LogP contribution is 2.15. The molecule has 6 heteroatoms. The van der Waals surface area contributed by atoms with E-state index >= 15 is 0 Å². The Labute approximate surface area is 109 Å². The number of unbranched alkanes of at least 4 members (excludes halogenated alkanes) is 3. The monoisotopic (exact) mass is 278 g/mol. The summed E-state index contributed by atoms with van der Waals surface area (Å²) >= 11 is 0. The van der Waals surface area contributed by atoms with Gasteiger partial charge >= 0.3 is 5.97 Å². The molecular weight excluding hydrogens is 256 g/mol. The van der Waals surface area contributed by atoms with Gasteiger partial charge in [0.25, 0.3) is 10.1 Å². The van der Waals surface area contributed by atoms with Crippen molar-refractivity contribution in [3.05, 3.63) is 12.7 Å². The number of rotatable bonds is 9. The van der Waals surface area contributed by atoms with Crippen molar-refractivity contribution in [1.82, 2.24) is 0 Å². The second-order valence-electron chi connectivity index (χ2n) is 4.57.